The third-order valence-electron chi connectivity index (χ3n) is 3.54. The molecule has 0 atom stereocenters. The SMILES string of the molecule is COc1cccc(CC(=O)NCC2(O)CCOCC2)c1. The molecule has 110 valence electrons. The first-order valence-electron chi connectivity index (χ1n) is 6.81. The Hall–Kier alpha value is -1.59. The second-order valence-electron chi connectivity index (χ2n) is 5.14. The number of methoxy groups -OCH3 is 1. The second kappa shape index (κ2) is 6.72. The Bertz CT molecular complexity index is 455. The van der Waals surface area contributed by atoms with E-state index in [0.717, 1.165) is 11.3 Å². The molecule has 1 fully saturated rings. The number of carbonyl (C=O) groups excluding carboxylic acids is 1. The molecule has 1 aromatic rings. The van der Waals surface area contributed by atoms with Crippen molar-refractivity contribution in [3.05, 3.63) is 29.8 Å². The maximum absolute atomic E-state index is 11.9. The summed E-state index contributed by atoms with van der Waals surface area (Å²) in [5.41, 5.74) is 0.0586. The smallest absolute Gasteiger partial charge is 0.224 e. The molecule has 1 saturated heterocycles. The van der Waals surface area contributed by atoms with E-state index in [0.29, 0.717) is 26.1 Å². The van der Waals surface area contributed by atoms with E-state index in [9.17, 15) is 9.90 Å². The Morgan fingerprint density at radius 1 is 1.45 bits per heavy atom. The zero-order valence-corrected chi connectivity index (χ0v) is 11.7. The molecule has 20 heavy (non-hydrogen) atoms. The summed E-state index contributed by atoms with van der Waals surface area (Å²) in [5, 5.41) is 13.0. The first-order chi connectivity index (χ1) is 9.61. The summed E-state index contributed by atoms with van der Waals surface area (Å²) in [6.07, 6.45) is 1.41. The first kappa shape index (κ1) is 14.8. The summed E-state index contributed by atoms with van der Waals surface area (Å²) in [6, 6.07) is 7.41. The third-order valence-corrected chi connectivity index (χ3v) is 3.54. The number of aliphatic hydroxyl groups is 1. The van der Waals surface area contributed by atoms with Gasteiger partial charge in [0.05, 0.1) is 19.1 Å². The highest BCUT2D eigenvalue weighted by atomic mass is 16.5. The topological polar surface area (TPSA) is 67.8 Å². The number of ether oxygens (including phenoxy) is 2. The van der Waals surface area contributed by atoms with Gasteiger partial charge in [0.25, 0.3) is 0 Å². The minimum absolute atomic E-state index is 0.0989. The van der Waals surface area contributed by atoms with Crippen molar-refractivity contribution in [3.8, 4) is 5.75 Å². The van der Waals surface area contributed by atoms with Crippen molar-refractivity contribution in [2.24, 2.45) is 0 Å². The van der Waals surface area contributed by atoms with Crippen LogP contribution in [0, 0.1) is 0 Å². The van der Waals surface area contributed by atoms with Crippen LogP contribution in [0.3, 0.4) is 0 Å². The first-order valence-corrected chi connectivity index (χ1v) is 6.81. The molecule has 5 heteroatoms. The van der Waals surface area contributed by atoms with Gasteiger partial charge < -0.3 is 19.9 Å². The number of rotatable bonds is 5. The lowest BCUT2D eigenvalue weighted by Crippen LogP contribution is -2.46. The van der Waals surface area contributed by atoms with Gasteiger partial charge in [0, 0.05) is 32.6 Å². The van der Waals surface area contributed by atoms with Crippen LogP contribution in [0.15, 0.2) is 24.3 Å². The molecule has 1 amide bonds. The fourth-order valence-electron chi connectivity index (χ4n) is 2.22. The van der Waals surface area contributed by atoms with Gasteiger partial charge in [0.15, 0.2) is 0 Å². The summed E-state index contributed by atoms with van der Waals surface area (Å²) in [5.74, 6) is 0.636. The van der Waals surface area contributed by atoms with Gasteiger partial charge in [-0.15, -0.1) is 0 Å². The van der Waals surface area contributed by atoms with Gasteiger partial charge in [-0.05, 0) is 17.7 Å². The Balaban J connectivity index is 1.82. The van der Waals surface area contributed by atoms with Crippen LogP contribution >= 0.6 is 0 Å². The largest absolute Gasteiger partial charge is 0.497 e. The number of nitrogens with one attached hydrogen (secondary N) is 1. The van der Waals surface area contributed by atoms with Crippen LogP contribution in [-0.2, 0) is 16.0 Å². The van der Waals surface area contributed by atoms with Crippen LogP contribution in [0.4, 0.5) is 0 Å². The van der Waals surface area contributed by atoms with Crippen molar-refractivity contribution in [2.75, 3.05) is 26.9 Å². The molecule has 0 aromatic heterocycles. The van der Waals surface area contributed by atoms with E-state index < -0.39 is 5.60 Å². The van der Waals surface area contributed by atoms with Gasteiger partial charge in [-0.1, -0.05) is 12.1 Å². The predicted octanol–water partition coefficient (Wildman–Crippen LogP) is 0.895. The van der Waals surface area contributed by atoms with E-state index in [1.807, 2.05) is 24.3 Å². The predicted molar refractivity (Wildman–Crippen MR) is 74.7 cm³/mol. The highest BCUT2D eigenvalue weighted by Gasteiger charge is 2.29. The Kier molecular flexibility index (Phi) is 4.98. The molecular weight excluding hydrogens is 258 g/mol. The number of amides is 1. The quantitative estimate of drug-likeness (QED) is 0.840. The minimum atomic E-state index is -0.831. The van der Waals surface area contributed by atoms with E-state index in [1.165, 1.54) is 0 Å². The fraction of sp³-hybridized carbons (Fsp3) is 0.533. The molecule has 0 aliphatic carbocycles. The normalized spacial score (nSPS) is 17.5. The molecule has 2 rings (SSSR count). The average Bonchev–Trinajstić information content (AvgIpc) is 2.46. The molecule has 5 nitrogen and oxygen atoms in total. The summed E-state index contributed by atoms with van der Waals surface area (Å²) in [4.78, 5) is 11.9. The van der Waals surface area contributed by atoms with E-state index in [1.54, 1.807) is 7.11 Å². The zero-order valence-electron chi connectivity index (χ0n) is 11.7. The minimum Gasteiger partial charge on any atom is -0.497 e. The zero-order chi connectivity index (χ0) is 14.4. The van der Waals surface area contributed by atoms with Crippen molar-refractivity contribution in [1.29, 1.82) is 0 Å². The maximum atomic E-state index is 11.9. The van der Waals surface area contributed by atoms with Crippen molar-refractivity contribution in [1.82, 2.24) is 5.32 Å². The van der Waals surface area contributed by atoms with Crippen LogP contribution in [0.5, 0.6) is 5.75 Å². The average molecular weight is 279 g/mol. The molecule has 1 heterocycles. The van der Waals surface area contributed by atoms with Gasteiger partial charge in [-0.25, -0.2) is 0 Å². The summed E-state index contributed by atoms with van der Waals surface area (Å²) in [7, 11) is 1.60. The highest BCUT2D eigenvalue weighted by molar-refractivity contribution is 5.78. The highest BCUT2D eigenvalue weighted by Crippen LogP contribution is 2.19. The van der Waals surface area contributed by atoms with Crippen LogP contribution in [0.25, 0.3) is 0 Å². The number of carbonyl (C=O) groups is 1. The van der Waals surface area contributed by atoms with Gasteiger partial charge in [-0.3, -0.25) is 4.79 Å². The molecule has 1 aromatic carbocycles. The standard InChI is InChI=1S/C15H21NO4/c1-19-13-4-2-3-12(9-13)10-14(17)16-11-15(18)5-7-20-8-6-15/h2-4,9,18H,5-8,10-11H2,1H3,(H,16,17). The van der Waals surface area contributed by atoms with Crippen molar-refractivity contribution in [3.63, 3.8) is 0 Å². The summed E-state index contributed by atoms with van der Waals surface area (Å²) in [6.45, 7) is 1.36. The van der Waals surface area contributed by atoms with Gasteiger partial charge >= 0.3 is 0 Å². The van der Waals surface area contributed by atoms with Crippen molar-refractivity contribution < 1.29 is 19.4 Å². The Morgan fingerprint density at radius 2 is 2.20 bits per heavy atom. The molecule has 0 saturated carbocycles. The lowest BCUT2D eigenvalue weighted by molar-refractivity contribution is -0.123. The van der Waals surface area contributed by atoms with E-state index in [-0.39, 0.29) is 18.9 Å². The molecule has 1 aliphatic rings. The molecule has 0 radical (unpaired) electrons. The third kappa shape index (κ3) is 4.21. The summed E-state index contributed by atoms with van der Waals surface area (Å²) >= 11 is 0. The molecule has 2 N–H and O–H groups in total. The van der Waals surface area contributed by atoms with Gasteiger partial charge in [0.1, 0.15) is 5.75 Å². The lowest BCUT2D eigenvalue weighted by atomic mass is 9.94. The van der Waals surface area contributed by atoms with Crippen LogP contribution in [0.2, 0.25) is 0 Å². The van der Waals surface area contributed by atoms with Gasteiger partial charge in [0.2, 0.25) is 5.91 Å². The van der Waals surface area contributed by atoms with Crippen LogP contribution in [0.1, 0.15) is 18.4 Å². The van der Waals surface area contributed by atoms with Crippen LogP contribution < -0.4 is 10.1 Å². The molecular formula is C15H21NO4. The molecule has 0 unspecified atom stereocenters. The van der Waals surface area contributed by atoms with Crippen molar-refractivity contribution in [2.45, 2.75) is 24.9 Å². The van der Waals surface area contributed by atoms with E-state index in [4.69, 9.17) is 9.47 Å². The lowest BCUT2D eigenvalue weighted by Gasteiger charge is -2.32. The van der Waals surface area contributed by atoms with Crippen LogP contribution in [-0.4, -0.2) is 43.5 Å². The number of hydrogen-bond donors (Lipinski definition) is 2. The monoisotopic (exact) mass is 279 g/mol. The number of hydrogen-bond acceptors (Lipinski definition) is 4. The second-order valence-corrected chi connectivity index (χ2v) is 5.14. The van der Waals surface area contributed by atoms with Crippen molar-refractivity contribution >= 4 is 5.91 Å². The molecule has 0 bridgehead atoms. The Labute approximate surface area is 118 Å². The molecule has 0 spiro atoms. The summed E-state index contributed by atoms with van der Waals surface area (Å²) < 4.78 is 10.3. The fourth-order valence-corrected chi connectivity index (χ4v) is 2.22. The van der Waals surface area contributed by atoms with Gasteiger partial charge in [-0.2, -0.15) is 0 Å². The maximum Gasteiger partial charge on any atom is 0.224 e. The number of benzene rings is 1. The van der Waals surface area contributed by atoms with E-state index >= 15 is 0 Å². The Morgan fingerprint density at radius 3 is 2.90 bits per heavy atom. The van der Waals surface area contributed by atoms with E-state index in [2.05, 4.69) is 5.32 Å². The molecule has 1 aliphatic heterocycles.